The van der Waals surface area contributed by atoms with Gasteiger partial charge in [-0.3, -0.25) is 14.4 Å². The maximum Gasteiger partial charge on any atom is 0.248 e. The van der Waals surface area contributed by atoms with Gasteiger partial charge in [-0.15, -0.1) is 13.2 Å². The number of rotatable bonds is 14. The standard InChI is InChI=1S/C32H45N3O5/c1-6-9-18-33(16-7-2)30(39)27-32-21-23(4)31(5,40-32)25(26(32)29(38)35(27)19-13-20-36)28(37)34(17-8-3)22-24-14-11-10-12-15-24/h7-8,10-12,14-15,23,25-27,36H,2-3,6,9,13,16-22H2,1,4-5H3/t23?,25-,26-,27?,31+,32?/m0/s1. The number of unbranched alkanes of at least 4 members (excludes halogenated alkanes) is 1. The van der Waals surface area contributed by atoms with Crippen LogP contribution in [0.2, 0.25) is 0 Å². The van der Waals surface area contributed by atoms with E-state index in [1.54, 1.807) is 26.9 Å². The van der Waals surface area contributed by atoms with Crippen molar-refractivity contribution in [3.8, 4) is 0 Å². The van der Waals surface area contributed by atoms with Gasteiger partial charge in [-0.25, -0.2) is 0 Å². The van der Waals surface area contributed by atoms with Crippen LogP contribution in [0.15, 0.2) is 55.6 Å². The topological polar surface area (TPSA) is 90.4 Å². The molecular weight excluding hydrogens is 506 g/mol. The molecule has 218 valence electrons. The fraction of sp³-hybridized carbons (Fsp3) is 0.594. The lowest BCUT2D eigenvalue weighted by Crippen LogP contribution is -2.57. The van der Waals surface area contributed by atoms with Crippen LogP contribution in [0.1, 0.15) is 52.0 Å². The van der Waals surface area contributed by atoms with E-state index in [1.165, 1.54) is 0 Å². The Balaban J connectivity index is 1.76. The van der Waals surface area contributed by atoms with Gasteiger partial charge in [-0.1, -0.05) is 62.8 Å². The molecule has 2 bridgehead atoms. The van der Waals surface area contributed by atoms with Gasteiger partial charge in [0.1, 0.15) is 11.6 Å². The normalized spacial score (nSPS) is 30.3. The molecule has 40 heavy (non-hydrogen) atoms. The lowest BCUT2D eigenvalue weighted by atomic mass is 9.62. The third kappa shape index (κ3) is 5.00. The number of likely N-dealkylation sites (tertiary alicyclic amines) is 1. The van der Waals surface area contributed by atoms with E-state index in [9.17, 15) is 19.5 Å². The summed E-state index contributed by atoms with van der Waals surface area (Å²) in [5.41, 5.74) is -1.00. The van der Waals surface area contributed by atoms with Crippen LogP contribution in [0.5, 0.6) is 0 Å². The molecule has 3 heterocycles. The molecule has 8 heteroatoms. The zero-order valence-corrected chi connectivity index (χ0v) is 24.3. The SMILES string of the molecule is C=CCN(CCCC)C(=O)C1N(CCCO)C(=O)[C@@H]2[C@@H](C(=O)N(CC=C)Cc3ccccc3)[C@]3(C)OC12CC3C. The van der Waals surface area contributed by atoms with E-state index < -0.39 is 29.1 Å². The number of fused-ring (bicyclic) bond motifs is 1. The maximum atomic E-state index is 14.4. The largest absolute Gasteiger partial charge is 0.396 e. The average Bonchev–Trinajstić information content (AvgIpc) is 3.45. The van der Waals surface area contributed by atoms with E-state index in [4.69, 9.17) is 4.74 Å². The Morgan fingerprint density at radius 1 is 1.12 bits per heavy atom. The highest BCUT2D eigenvalue weighted by atomic mass is 16.5. The molecule has 0 aliphatic carbocycles. The van der Waals surface area contributed by atoms with E-state index in [2.05, 4.69) is 27.0 Å². The lowest BCUT2D eigenvalue weighted by molar-refractivity contribution is -0.155. The molecule has 3 unspecified atom stereocenters. The number of ether oxygens (including phenoxy) is 1. The van der Waals surface area contributed by atoms with Gasteiger partial charge in [0.15, 0.2) is 0 Å². The number of aliphatic hydroxyl groups excluding tert-OH is 1. The Hall–Kier alpha value is -2.97. The molecule has 3 amide bonds. The van der Waals surface area contributed by atoms with Crippen molar-refractivity contribution in [1.82, 2.24) is 14.7 Å². The Labute approximate surface area is 238 Å². The van der Waals surface area contributed by atoms with Gasteiger partial charge < -0.3 is 24.5 Å². The van der Waals surface area contributed by atoms with Gasteiger partial charge in [-0.2, -0.15) is 0 Å². The highest BCUT2D eigenvalue weighted by Crippen LogP contribution is 2.65. The zero-order chi connectivity index (χ0) is 29.1. The minimum absolute atomic E-state index is 0.0376. The Morgan fingerprint density at radius 3 is 2.42 bits per heavy atom. The Morgan fingerprint density at radius 2 is 1.80 bits per heavy atom. The van der Waals surface area contributed by atoms with Crippen molar-refractivity contribution in [2.45, 2.75) is 70.2 Å². The second-order valence-electron chi connectivity index (χ2n) is 11.7. The third-order valence-electron chi connectivity index (χ3n) is 9.19. The monoisotopic (exact) mass is 551 g/mol. The number of nitrogens with zero attached hydrogens (tertiary/aromatic N) is 3. The van der Waals surface area contributed by atoms with Gasteiger partial charge >= 0.3 is 0 Å². The summed E-state index contributed by atoms with van der Waals surface area (Å²) < 4.78 is 6.87. The minimum atomic E-state index is -1.10. The second-order valence-corrected chi connectivity index (χ2v) is 11.7. The molecule has 3 aliphatic rings. The van der Waals surface area contributed by atoms with Crippen LogP contribution in [0, 0.1) is 17.8 Å². The molecule has 3 fully saturated rings. The highest BCUT2D eigenvalue weighted by Gasteiger charge is 2.80. The van der Waals surface area contributed by atoms with E-state index in [0.717, 1.165) is 18.4 Å². The first kappa shape index (κ1) is 30.0. The minimum Gasteiger partial charge on any atom is -0.396 e. The summed E-state index contributed by atoms with van der Waals surface area (Å²) in [7, 11) is 0. The molecule has 8 nitrogen and oxygen atoms in total. The number of benzene rings is 1. The van der Waals surface area contributed by atoms with Gasteiger partial charge in [0.2, 0.25) is 17.7 Å². The van der Waals surface area contributed by atoms with E-state index >= 15 is 0 Å². The van der Waals surface area contributed by atoms with Crippen LogP contribution in [0.3, 0.4) is 0 Å². The van der Waals surface area contributed by atoms with Crippen molar-refractivity contribution < 1.29 is 24.2 Å². The third-order valence-corrected chi connectivity index (χ3v) is 9.19. The van der Waals surface area contributed by atoms with E-state index in [-0.39, 0.29) is 36.8 Å². The second kappa shape index (κ2) is 12.3. The van der Waals surface area contributed by atoms with Crippen molar-refractivity contribution in [3.05, 3.63) is 61.2 Å². The summed E-state index contributed by atoms with van der Waals surface area (Å²) in [6.45, 7) is 15.6. The predicted molar refractivity (Wildman–Crippen MR) is 154 cm³/mol. The number of carbonyl (C=O) groups excluding carboxylic acids is 3. The quantitative estimate of drug-likeness (QED) is 0.358. The maximum absolute atomic E-state index is 14.4. The molecule has 0 aromatic heterocycles. The first-order chi connectivity index (χ1) is 19.2. The fourth-order valence-electron chi connectivity index (χ4n) is 7.23. The molecule has 4 rings (SSSR count). The summed E-state index contributed by atoms with van der Waals surface area (Å²) in [6, 6.07) is 8.91. The fourth-order valence-corrected chi connectivity index (χ4v) is 7.23. The van der Waals surface area contributed by atoms with Crippen LogP contribution < -0.4 is 0 Å². The summed E-state index contributed by atoms with van der Waals surface area (Å²) in [5, 5.41) is 9.63. The Kier molecular flexibility index (Phi) is 9.20. The number of carbonyl (C=O) groups is 3. The Bertz CT molecular complexity index is 1110. The molecule has 0 radical (unpaired) electrons. The van der Waals surface area contributed by atoms with Crippen LogP contribution >= 0.6 is 0 Å². The van der Waals surface area contributed by atoms with Gasteiger partial charge in [-0.05, 0) is 37.7 Å². The first-order valence-corrected chi connectivity index (χ1v) is 14.6. The first-order valence-electron chi connectivity index (χ1n) is 14.6. The summed E-state index contributed by atoms with van der Waals surface area (Å²) in [4.78, 5) is 48.1. The van der Waals surface area contributed by atoms with Crippen LogP contribution in [-0.2, 0) is 25.7 Å². The van der Waals surface area contributed by atoms with Crippen molar-refractivity contribution in [3.63, 3.8) is 0 Å². The molecule has 3 aliphatic heterocycles. The van der Waals surface area contributed by atoms with Gasteiger partial charge in [0.05, 0.1) is 17.4 Å². The van der Waals surface area contributed by atoms with Crippen molar-refractivity contribution in [2.24, 2.45) is 17.8 Å². The molecule has 1 N–H and O–H groups in total. The average molecular weight is 552 g/mol. The summed E-state index contributed by atoms with van der Waals surface area (Å²) in [6.07, 6.45) is 6.03. The van der Waals surface area contributed by atoms with E-state index in [1.807, 2.05) is 37.3 Å². The summed E-state index contributed by atoms with van der Waals surface area (Å²) in [5.74, 6) is -2.09. The van der Waals surface area contributed by atoms with Crippen LogP contribution in [-0.4, -0.2) is 87.6 Å². The predicted octanol–water partition coefficient (Wildman–Crippen LogP) is 3.41. The molecule has 1 spiro atoms. The number of hydrogen-bond donors (Lipinski definition) is 1. The van der Waals surface area contributed by atoms with Crippen molar-refractivity contribution in [2.75, 3.05) is 32.8 Å². The van der Waals surface area contributed by atoms with Crippen molar-refractivity contribution in [1.29, 1.82) is 0 Å². The molecular formula is C32H45N3O5. The van der Waals surface area contributed by atoms with Crippen LogP contribution in [0.25, 0.3) is 0 Å². The number of hydrogen-bond acceptors (Lipinski definition) is 5. The molecule has 1 aromatic carbocycles. The van der Waals surface area contributed by atoms with Gasteiger partial charge in [0.25, 0.3) is 0 Å². The molecule has 6 atom stereocenters. The molecule has 3 saturated heterocycles. The molecule has 1 aromatic rings. The molecule has 0 saturated carbocycles. The van der Waals surface area contributed by atoms with Gasteiger partial charge in [0, 0.05) is 39.3 Å². The highest BCUT2D eigenvalue weighted by molar-refractivity contribution is 5.99. The van der Waals surface area contributed by atoms with Crippen molar-refractivity contribution >= 4 is 17.7 Å². The van der Waals surface area contributed by atoms with Crippen LogP contribution in [0.4, 0.5) is 0 Å². The number of amides is 3. The zero-order valence-electron chi connectivity index (χ0n) is 24.3. The summed E-state index contributed by atoms with van der Waals surface area (Å²) >= 11 is 0. The van der Waals surface area contributed by atoms with E-state index in [0.29, 0.717) is 39.0 Å². The smallest absolute Gasteiger partial charge is 0.248 e. The lowest BCUT2D eigenvalue weighted by Gasteiger charge is -2.39. The number of aliphatic hydroxyl groups is 1.